The first-order valence-electron chi connectivity index (χ1n) is 9.04. The van der Waals surface area contributed by atoms with E-state index < -0.39 is 0 Å². The number of hydrogen-bond donors (Lipinski definition) is 1. The molecule has 4 rings (SSSR count). The normalized spacial score (nSPS) is 12.1. The van der Waals surface area contributed by atoms with Crippen LogP contribution < -0.4 is 0 Å². The lowest BCUT2D eigenvalue weighted by atomic mass is 10.1. The summed E-state index contributed by atoms with van der Waals surface area (Å²) in [6.07, 6.45) is 5.62. The average Bonchev–Trinajstić information content (AvgIpc) is 3.18. The summed E-state index contributed by atoms with van der Waals surface area (Å²) in [5.74, 6) is 4.63. The molecule has 0 saturated carbocycles. The van der Waals surface area contributed by atoms with E-state index in [1.165, 1.54) is 22.6 Å². The zero-order chi connectivity index (χ0) is 20.2. The number of hydrogen-bond acceptors (Lipinski definition) is 3. The molecule has 3 nitrogen and oxygen atoms in total. The van der Waals surface area contributed by atoms with Crippen LogP contribution >= 0.6 is 22.2 Å². The number of aromatic nitrogens is 3. The van der Waals surface area contributed by atoms with Crippen LogP contribution in [0.5, 0.6) is 0 Å². The molecule has 0 amide bonds. The van der Waals surface area contributed by atoms with Crippen LogP contribution in [0.1, 0.15) is 5.56 Å². The smallest absolute Gasteiger partial charge is 0.166 e. The molecule has 0 fully saturated rings. The Balaban J connectivity index is 1.62. The van der Waals surface area contributed by atoms with Crippen LogP contribution in [0.3, 0.4) is 0 Å². The molecule has 0 spiro atoms. The quantitative estimate of drug-likeness (QED) is 0.295. The highest BCUT2D eigenvalue weighted by Gasteiger charge is 2.15. The van der Waals surface area contributed by atoms with Crippen LogP contribution in [-0.2, 0) is 5.75 Å². The fourth-order valence-corrected chi connectivity index (χ4v) is 4.36. The van der Waals surface area contributed by atoms with Gasteiger partial charge in [-0.3, -0.25) is 4.98 Å². The van der Waals surface area contributed by atoms with Crippen LogP contribution in [0.2, 0.25) is 0 Å². The molecule has 0 aliphatic heterocycles. The van der Waals surface area contributed by atoms with Gasteiger partial charge in [-0.2, -0.15) is 10.5 Å². The Hall–Kier alpha value is -2.70. The summed E-state index contributed by atoms with van der Waals surface area (Å²) < 4.78 is 13.4. The summed E-state index contributed by atoms with van der Waals surface area (Å²) in [6.45, 7) is 0. The monoisotopic (exact) mass is 421 g/mol. The van der Waals surface area contributed by atoms with E-state index in [2.05, 4.69) is 46.4 Å². The van der Waals surface area contributed by atoms with Crippen molar-refractivity contribution in [3.8, 4) is 22.5 Å². The van der Waals surface area contributed by atoms with E-state index >= 15 is 0 Å². The van der Waals surface area contributed by atoms with E-state index in [9.17, 15) is 4.39 Å². The van der Waals surface area contributed by atoms with Gasteiger partial charge in [-0.05, 0) is 60.4 Å². The van der Waals surface area contributed by atoms with Crippen LogP contribution in [0.15, 0.2) is 83.1 Å². The molecule has 1 unspecified atom stereocenters. The Kier molecular flexibility index (Phi) is 5.92. The van der Waals surface area contributed by atoms with Crippen LogP contribution in [0, 0.1) is 5.82 Å². The van der Waals surface area contributed by atoms with E-state index in [1.54, 1.807) is 36.3 Å². The summed E-state index contributed by atoms with van der Waals surface area (Å²) >= 11 is 1.65. The van der Waals surface area contributed by atoms with Crippen molar-refractivity contribution in [3.05, 3.63) is 84.4 Å². The van der Waals surface area contributed by atoms with Crippen molar-refractivity contribution in [3.63, 3.8) is 0 Å². The van der Waals surface area contributed by atoms with Crippen molar-refractivity contribution in [2.45, 2.75) is 15.8 Å². The van der Waals surface area contributed by atoms with Gasteiger partial charge in [0.25, 0.3) is 0 Å². The molecule has 0 bridgehead atoms. The van der Waals surface area contributed by atoms with Crippen molar-refractivity contribution < 1.29 is 4.39 Å². The Morgan fingerprint density at radius 2 is 1.66 bits per heavy atom. The molecule has 1 atom stereocenters. The second-order valence-electron chi connectivity index (χ2n) is 6.58. The molecule has 2 aromatic heterocycles. The van der Waals surface area contributed by atoms with Crippen LogP contribution in [0.25, 0.3) is 22.5 Å². The predicted molar refractivity (Wildman–Crippen MR) is 122 cm³/mol. The summed E-state index contributed by atoms with van der Waals surface area (Å²) in [5, 5.41) is 0.826. The van der Waals surface area contributed by atoms with Gasteiger partial charge in [0.05, 0.1) is 11.4 Å². The van der Waals surface area contributed by atoms with Crippen LogP contribution in [-0.4, -0.2) is 27.1 Å². The molecule has 0 radical (unpaired) electrons. The summed E-state index contributed by atoms with van der Waals surface area (Å²) in [5.41, 5.74) is 4.81. The highest BCUT2D eigenvalue weighted by molar-refractivity contribution is 8.13. The maximum absolute atomic E-state index is 13.4. The van der Waals surface area contributed by atoms with Crippen molar-refractivity contribution in [2.24, 2.45) is 0 Å². The van der Waals surface area contributed by atoms with Crippen molar-refractivity contribution in [1.29, 1.82) is 0 Å². The van der Waals surface area contributed by atoms with Gasteiger partial charge in [-0.15, -0.1) is 0 Å². The number of pyridine rings is 1. The molecule has 0 aliphatic rings. The zero-order valence-electron chi connectivity index (χ0n) is 15.9. The molecule has 2 heterocycles. The summed E-state index contributed by atoms with van der Waals surface area (Å²) in [4.78, 5) is 13.6. The van der Waals surface area contributed by atoms with E-state index in [1.807, 2.05) is 12.1 Å². The largest absolute Gasteiger partial charge is 0.332 e. The molecule has 1 N–H and O–H groups in total. The Bertz CT molecular complexity index is 1120. The molecule has 2 aromatic carbocycles. The van der Waals surface area contributed by atoms with Gasteiger partial charge in [-0.25, -0.2) is 9.37 Å². The Morgan fingerprint density at radius 3 is 2.31 bits per heavy atom. The molecule has 6 heteroatoms. The third kappa shape index (κ3) is 4.66. The second kappa shape index (κ2) is 8.76. The topological polar surface area (TPSA) is 41.6 Å². The van der Waals surface area contributed by atoms with Gasteiger partial charge < -0.3 is 4.98 Å². The molecule has 29 heavy (non-hydrogen) atoms. The number of nitrogens with zero attached hydrogens (tertiary/aromatic N) is 2. The molecule has 146 valence electrons. The van der Waals surface area contributed by atoms with Gasteiger partial charge in [0, 0.05) is 34.2 Å². The Morgan fingerprint density at radius 1 is 0.966 bits per heavy atom. The van der Waals surface area contributed by atoms with E-state index in [-0.39, 0.29) is 16.3 Å². The van der Waals surface area contributed by atoms with Crippen LogP contribution in [0.4, 0.5) is 4.39 Å². The number of aromatic amines is 1. The molecular formula is C23H20FN3S2. The minimum atomic E-state index is -0.259. The number of nitrogens with one attached hydrogen (secondary N) is 1. The van der Waals surface area contributed by atoms with Gasteiger partial charge >= 0.3 is 0 Å². The fraction of sp³-hybridized carbons (Fsp3) is 0.0870. The molecule has 0 saturated heterocycles. The predicted octanol–water partition coefficient (Wildman–Crippen LogP) is 6.26. The molecule has 4 aromatic rings. The van der Waals surface area contributed by atoms with E-state index in [0.29, 0.717) is 0 Å². The van der Waals surface area contributed by atoms with Gasteiger partial charge in [0.2, 0.25) is 0 Å². The number of rotatable bonds is 6. The lowest BCUT2D eigenvalue weighted by Crippen LogP contribution is -1.84. The summed E-state index contributed by atoms with van der Waals surface area (Å²) in [6, 6.07) is 18.9. The lowest BCUT2D eigenvalue weighted by Gasteiger charge is -2.03. The number of imidazole rings is 1. The van der Waals surface area contributed by atoms with Gasteiger partial charge in [0.15, 0.2) is 5.16 Å². The number of benzene rings is 2. The molecule has 0 aliphatic carbocycles. The minimum absolute atomic E-state index is 0.0218. The molecular weight excluding hydrogens is 401 g/mol. The highest BCUT2D eigenvalue weighted by Crippen LogP contribution is 2.33. The number of H-pyrrole nitrogens is 1. The first kappa shape index (κ1) is 19.6. The average molecular weight is 422 g/mol. The summed E-state index contributed by atoms with van der Waals surface area (Å²) in [7, 11) is 0.0218. The fourth-order valence-electron chi connectivity index (χ4n) is 2.93. The van der Waals surface area contributed by atoms with E-state index in [4.69, 9.17) is 4.98 Å². The van der Waals surface area contributed by atoms with Crippen molar-refractivity contribution >= 4 is 28.1 Å². The highest BCUT2D eigenvalue weighted by atomic mass is 32.2. The number of halogens is 1. The third-order valence-electron chi connectivity index (χ3n) is 4.47. The first-order chi connectivity index (χ1) is 14.1. The van der Waals surface area contributed by atoms with E-state index in [0.717, 1.165) is 33.4 Å². The minimum Gasteiger partial charge on any atom is -0.332 e. The second-order valence-corrected chi connectivity index (χ2v) is 9.29. The Labute approximate surface area is 176 Å². The maximum Gasteiger partial charge on any atom is 0.166 e. The van der Waals surface area contributed by atoms with Gasteiger partial charge in [0.1, 0.15) is 5.82 Å². The maximum atomic E-state index is 13.4. The first-order valence-corrected chi connectivity index (χ1v) is 11.8. The number of thioether (sulfide) groups is 1. The lowest BCUT2D eigenvalue weighted by molar-refractivity contribution is 0.628. The van der Waals surface area contributed by atoms with Crippen molar-refractivity contribution in [1.82, 2.24) is 15.0 Å². The zero-order valence-corrected chi connectivity index (χ0v) is 17.6. The standard InChI is InChI=1S/C23H20FN3S2/c1-29(2)20-9-3-16(4-10-20)15-28-23-26-21(17-5-7-19(24)8-6-17)22(27-23)18-11-13-25-14-12-18/h3-14H,1,15H2,2H3,(H,26,27). The SMILES string of the molecule is C=S(C)c1ccc(CSc2nc(-c3ccc(F)cc3)c(-c3ccncc3)[nH]2)cc1. The van der Waals surface area contributed by atoms with Crippen molar-refractivity contribution in [2.75, 3.05) is 6.26 Å². The third-order valence-corrected chi connectivity index (χ3v) is 6.49. The van der Waals surface area contributed by atoms with Gasteiger partial charge in [-0.1, -0.05) is 29.8 Å².